The van der Waals surface area contributed by atoms with Crippen LogP contribution in [0.4, 0.5) is 0 Å². The topological polar surface area (TPSA) is 15.3 Å². The Labute approximate surface area is 126 Å². The van der Waals surface area contributed by atoms with Crippen LogP contribution in [0, 0.1) is 5.92 Å². The molecule has 2 atom stereocenters. The Bertz CT molecular complexity index is 423. The zero-order valence-corrected chi connectivity index (χ0v) is 13.1. The summed E-state index contributed by atoms with van der Waals surface area (Å²) >= 11 is 12.6. The summed E-state index contributed by atoms with van der Waals surface area (Å²) in [5, 5.41) is 4.84. The normalized spacial score (nSPS) is 24.6. The molecule has 0 bridgehead atoms. The molecule has 1 aromatic rings. The van der Waals surface area contributed by atoms with Gasteiger partial charge in [-0.1, -0.05) is 42.3 Å². The van der Waals surface area contributed by atoms with Crippen molar-refractivity contribution in [3.8, 4) is 0 Å². The molecule has 1 aliphatic rings. The van der Waals surface area contributed by atoms with Crippen LogP contribution in [0.2, 0.25) is 10.0 Å². The van der Waals surface area contributed by atoms with Crippen molar-refractivity contribution in [2.75, 3.05) is 26.7 Å². The molecule has 0 saturated carbocycles. The van der Waals surface area contributed by atoms with Gasteiger partial charge in [0.25, 0.3) is 0 Å². The third-order valence-electron chi connectivity index (χ3n) is 3.96. The van der Waals surface area contributed by atoms with E-state index in [4.69, 9.17) is 23.2 Å². The maximum atomic E-state index is 6.41. The van der Waals surface area contributed by atoms with Crippen LogP contribution in [0.5, 0.6) is 0 Å². The Morgan fingerprint density at radius 2 is 2.16 bits per heavy atom. The summed E-state index contributed by atoms with van der Waals surface area (Å²) in [7, 11) is 2.18. The Balaban J connectivity index is 2.28. The number of piperidine rings is 1. The third kappa shape index (κ3) is 3.43. The number of benzene rings is 1. The van der Waals surface area contributed by atoms with Gasteiger partial charge in [-0.25, -0.2) is 0 Å². The summed E-state index contributed by atoms with van der Waals surface area (Å²) in [5.74, 6) is 0.592. The second-order valence-electron chi connectivity index (χ2n) is 5.28. The van der Waals surface area contributed by atoms with Crippen molar-refractivity contribution in [2.24, 2.45) is 5.92 Å². The Morgan fingerprint density at radius 3 is 2.89 bits per heavy atom. The molecule has 0 spiro atoms. The number of rotatable bonds is 4. The molecule has 1 fully saturated rings. The molecule has 1 heterocycles. The monoisotopic (exact) mass is 300 g/mol. The molecule has 2 unspecified atom stereocenters. The summed E-state index contributed by atoms with van der Waals surface area (Å²) in [6.07, 6.45) is 2.49. The number of nitrogens with one attached hydrogen (secondary N) is 1. The van der Waals surface area contributed by atoms with Gasteiger partial charge in [0.05, 0.1) is 10.0 Å². The minimum absolute atomic E-state index is 0.360. The molecule has 106 valence electrons. The molecule has 2 nitrogen and oxygen atoms in total. The first-order valence-electron chi connectivity index (χ1n) is 7.00. The van der Waals surface area contributed by atoms with E-state index in [0.717, 1.165) is 19.6 Å². The molecule has 0 aromatic heterocycles. The van der Waals surface area contributed by atoms with Crippen molar-refractivity contribution in [3.05, 3.63) is 33.8 Å². The maximum Gasteiger partial charge on any atom is 0.0640 e. The van der Waals surface area contributed by atoms with E-state index in [1.54, 1.807) is 0 Å². The predicted molar refractivity (Wildman–Crippen MR) is 83.1 cm³/mol. The molecule has 1 N–H and O–H groups in total. The number of halogens is 2. The second-order valence-corrected chi connectivity index (χ2v) is 6.06. The molecule has 1 aliphatic heterocycles. The molecule has 4 heteroatoms. The van der Waals surface area contributed by atoms with Gasteiger partial charge in [-0.3, -0.25) is 4.90 Å². The second kappa shape index (κ2) is 6.94. The average Bonchev–Trinajstić information content (AvgIpc) is 2.40. The van der Waals surface area contributed by atoms with E-state index < -0.39 is 0 Å². The van der Waals surface area contributed by atoms with Gasteiger partial charge < -0.3 is 5.32 Å². The zero-order chi connectivity index (χ0) is 13.8. The Kier molecular flexibility index (Phi) is 5.52. The largest absolute Gasteiger partial charge is 0.317 e. The number of likely N-dealkylation sites (tertiary alicyclic amines) is 1. The van der Waals surface area contributed by atoms with E-state index in [1.807, 2.05) is 12.1 Å². The van der Waals surface area contributed by atoms with Gasteiger partial charge in [-0.05, 0) is 57.1 Å². The summed E-state index contributed by atoms with van der Waals surface area (Å²) in [6.45, 7) is 5.31. The predicted octanol–water partition coefficient (Wildman–Crippen LogP) is 3.99. The molecule has 0 amide bonds. The highest BCUT2D eigenvalue weighted by Crippen LogP contribution is 2.40. The van der Waals surface area contributed by atoms with Crippen molar-refractivity contribution >= 4 is 23.2 Å². The summed E-state index contributed by atoms with van der Waals surface area (Å²) < 4.78 is 0. The van der Waals surface area contributed by atoms with E-state index in [2.05, 4.69) is 30.3 Å². The fraction of sp³-hybridized carbons (Fsp3) is 0.600. The minimum atomic E-state index is 0.360. The van der Waals surface area contributed by atoms with Crippen LogP contribution in [0.25, 0.3) is 0 Å². The fourth-order valence-corrected chi connectivity index (χ4v) is 3.46. The van der Waals surface area contributed by atoms with E-state index in [0.29, 0.717) is 22.0 Å². The van der Waals surface area contributed by atoms with Crippen molar-refractivity contribution in [1.82, 2.24) is 10.2 Å². The highest BCUT2D eigenvalue weighted by Gasteiger charge is 2.31. The van der Waals surface area contributed by atoms with Gasteiger partial charge in [-0.2, -0.15) is 0 Å². The van der Waals surface area contributed by atoms with Crippen LogP contribution in [-0.2, 0) is 0 Å². The standard InChI is InChI=1S/C15H22Cl2N2/c1-3-18-10-11-6-5-9-19(2)15(11)12-7-4-8-13(16)14(12)17/h4,7-8,11,15,18H,3,5-6,9-10H2,1-2H3. The number of hydrogen-bond acceptors (Lipinski definition) is 2. The van der Waals surface area contributed by atoms with Gasteiger partial charge in [-0.15, -0.1) is 0 Å². The molecule has 1 saturated heterocycles. The lowest BCUT2D eigenvalue weighted by Crippen LogP contribution is -2.40. The summed E-state index contributed by atoms with van der Waals surface area (Å²) in [5.41, 5.74) is 1.17. The average molecular weight is 301 g/mol. The molecule has 19 heavy (non-hydrogen) atoms. The van der Waals surface area contributed by atoms with Crippen molar-refractivity contribution in [3.63, 3.8) is 0 Å². The molecule has 0 aliphatic carbocycles. The zero-order valence-electron chi connectivity index (χ0n) is 11.6. The van der Waals surface area contributed by atoms with Crippen LogP contribution in [0.3, 0.4) is 0 Å². The number of nitrogens with zero attached hydrogens (tertiary/aromatic N) is 1. The van der Waals surface area contributed by atoms with E-state index in [9.17, 15) is 0 Å². The van der Waals surface area contributed by atoms with Crippen LogP contribution in [-0.4, -0.2) is 31.6 Å². The van der Waals surface area contributed by atoms with Crippen LogP contribution < -0.4 is 5.32 Å². The maximum absolute atomic E-state index is 6.41. The van der Waals surface area contributed by atoms with Gasteiger partial charge >= 0.3 is 0 Å². The molecule has 1 aromatic carbocycles. The lowest BCUT2D eigenvalue weighted by molar-refractivity contribution is 0.120. The molecular formula is C15H22Cl2N2. The first-order chi connectivity index (χ1) is 9.15. The highest BCUT2D eigenvalue weighted by atomic mass is 35.5. The smallest absolute Gasteiger partial charge is 0.0640 e. The SMILES string of the molecule is CCNCC1CCCN(C)C1c1cccc(Cl)c1Cl. The summed E-state index contributed by atoms with van der Waals surface area (Å²) in [6, 6.07) is 6.32. The minimum Gasteiger partial charge on any atom is -0.317 e. The van der Waals surface area contributed by atoms with Crippen LogP contribution in [0.1, 0.15) is 31.4 Å². The van der Waals surface area contributed by atoms with Crippen molar-refractivity contribution < 1.29 is 0 Å². The molecular weight excluding hydrogens is 279 g/mol. The van der Waals surface area contributed by atoms with Gasteiger partial charge in [0.15, 0.2) is 0 Å². The van der Waals surface area contributed by atoms with E-state index in [-0.39, 0.29) is 0 Å². The van der Waals surface area contributed by atoms with Crippen LogP contribution in [0.15, 0.2) is 18.2 Å². The molecule has 2 rings (SSSR count). The van der Waals surface area contributed by atoms with E-state index >= 15 is 0 Å². The number of hydrogen-bond donors (Lipinski definition) is 1. The Morgan fingerprint density at radius 1 is 1.37 bits per heavy atom. The first-order valence-corrected chi connectivity index (χ1v) is 7.75. The van der Waals surface area contributed by atoms with Crippen LogP contribution >= 0.6 is 23.2 Å². The quantitative estimate of drug-likeness (QED) is 0.904. The lowest BCUT2D eigenvalue weighted by Gasteiger charge is -2.40. The van der Waals surface area contributed by atoms with Crippen molar-refractivity contribution in [1.29, 1.82) is 0 Å². The fourth-order valence-electron chi connectivity index (χ4n) is 3.04. The van der Waals surface area contributed by atoms with Crippen molar-refractivity contribution in [2.45, 2.75) is 25.8 Å². The van der Waals surface area contributed by atoms with Gasteiger partial charge in [0, 0.05) is 6.04 Å². The lowest BCUT2D eigenvalue weighted by atomic mass is 9.85. The van der Waals surface area contributed by atoms with Gasteiger partial charge in [0.2, 0.25) is 0 Å². The molecule has 0 radical (unpaired) electrons. The van der Waals surface area contributed by atoms with Gasteiger partial charge in [0.1, 0.15) is 0 Å². The highest BCUT2D eigenvalue weighted by molar-refractivity contribution is 6.42. The Hall–Kier alpha value is -0.280. The third-order valence-corrected chi connectivity index (χ3v) is 4.80. The summed E-state index contributed by atoms with van der Waals surface area (Å²) in [4.78, 5) is 2.41. The van der Waals surface area contributed by atoms with E-state index in [1.165, 1.54) is 18.4 Å². The first kappa shape index (κ1) is 15.1.